The number of pyridine rings is 1. The van der Waals surface area contributed by atoms with E-state index in [9.17, 15) is 0 Å². The summed E-state index contributed by atoms with van der Waals surface area (Å²) in [7, 11) is 0. The Morgan fingerprint density at radius 1 is 1.22 bits per heavy atom. The SMILES string of the molecule is Cc1ccc(CC(Br)c2cccc(C)c2I)nc1. The minimum absolute atomic E-state index is 0.319. The molecule has 0 saturated carbocycles. The molecule has 1 unspecified atom stereocenters. The zero-order chi connectivity index (χ0) is 13.1. The molecule has 0 fully saturated rings. The lowest BCUT2D eigenvalue weighted by Crippen LogP contribution is -2.01. The van der Waals surface area contributed by atoms with Gasteiger partial charge in [-0.3, -0.25) is 4.98 Å². The van der Waals surface area contributed by atoms with Crippen molar-refractivity contribution in [2.45, 2.75) is 25.1 Å². The minimum atomic E-state index is 0.319. The fraction of sp³-hybridized carbons (Fsp3) is 0.267. The fourth-order valence-electron chi connectivity index (χ4n) is 1.82. The summed E-state index contributed by atoms with van der Waals surface area (Å²) < 4.78 is 1.34. The van der Waals surface area contributed by atoms with Crippen LogP contribution in [0, 0.1) is 17.4 Å². The van der Waals surface area contributed by atoms with Gasteiger partial charge in [-0.2, -0.15) is 0 Å². The molecule has 1 atom stereocenters. The molecule has 0 N–H and O–H groups in total. The van der Waals surface area contributed by atoms with E-state index in [0.717, 1.165) is 12.1 Å². The van der Waals surface area contributed by atoms with Gasteiger partial charge in [0.25, 0.3) is 0 Å². The predicted molar refractivity (Wildman–Crippen MR) is 88.2 cm³/mol. The van der Waals surface area contributed by atoms with Gasteiger partial charge in [0.15, 0.2) is 0 Å². The van der Waals surface area contributed by atoms with Gasteiger partial charge in [0, 0.05) is 26.7 Å². The summed E-state index contributed by atoms with van der Waals surface area (Å²) in [6.45, 7) is 4.21. The van der Waals surface area contributed by atoms with E-state index in [0.29, 0.717) is 4.83 Å². The van der Waals surface area contributed by atoms with E-state index in [2.05, 4.69) is 87.7 Å². The normalized spacial score (nSPS) is 12.4. The summed E-state index contributed by atoms with van der Waals surface area (Å²) in [6.07, 6.45) is 2.84. The maximum Gasteiger partial charge on any atom is 0.0461 e. The second-order valence-electron chi connectivity index (χ2n) is 4.48. The first-order valence-corrected chi connectivity index (χ1v) is 7.88. The molecule has 0 aliphatic heterocycles. The number of benzene rings is 1. The van der Waals surface area contributed by atoms with E-state index in [1.807, 2.05) is 6.20 Å². The minimum Gasteiger partial charge on any atom is -0.261 e. The molecule has 1 heterocycles. The van der Waals surface area contributed by atoms with Crippen LogP contribution in [0.25, 0.3) is 0 Å². The summed E-state index contributed by atoms with van der Waals surface area (Å²) in [4.78, 5) is 4.78. The Morgan fingerprint density at radius 3 is 2.67 bits per heavy atom. The van der Waals surface area contributed by atoms with Gasteiger partial charge in [-0.1, -0.05) is 40.2 Å². The molecule has 1 aromatic carbocycles. The van der Waals surface area contributed by atoms with Crippen molar-refractivity contribution in [3.63, 3.8) is 0 Å². The van der Waals surface area contributed by atoms with E-state index in [-0.39, 0.29) is 0 Å². The number of aryl methyl sites for hydroxylation is 2. The average Bonchev–Trinajstić information content (AvgIpc) is 2.35. The van der Waals surface area contributed by atoms with Crippen LogP contribution in [-0.2, 0) is 6.42 Å². The first-order valence-electron chi connectivity index (χ1n) is 5.88. The molecule has 18 heavy (non-hydrogen) atoms. The Morgan fingerprint density at radius 2 is 2.00 bits per heavy atom. The Bertz CT molecular complexity index is 537. The van der Waals surface area contributed by atoms with Crippen molar-refractivity contribution in [3.05, 3.63) is 62.5 Å². The average molecular weight is 416 g/mol. The van der Waals surface area contributed by atoms with Crippen molar-refractivity contribution in [1.29, 1.82) is 0 Å². The molecule has 0 aliphatic carbocycles. The van der Waals surface area contributed by atoms with Crippen LogP contribution in [0.2, 0.25) is 0 Å². The molecule has 0 aliphatic rings. The van der Waals surface area contributed by atoms with E-state index in [1.54, 1.807) is 0 Å². The molecule has 0 saturated heterocycles. The number of alkyl halides is 1. The monoisotopic (exact) mass is 415 g/mol. The van der Waals surface area contributed by atoms with Gasteiger partial charge < -0.3 is 0 Å². The van der Waals surface area contributed by atoms with Gasteiger partial charge in [-0.05, 0) is 59.2 Å². The Labute approximate surface area is 130 Å². The lowest BCUT2D eigenvalue weighted by atomic mass is 10.1. The van der Waals surface area contributed by atoms with E-state index in [4.69, 9.17) is 0 Å². The maximum atomic E-state index is 4.46. The predicted octanol–water partition coefficient (Wildman–Crippen LogP) is 4.98. The quantitative estimate of drug-likeness (QED) is 0.508. The zero-order valence-corrected chi connectivity index (χ0v) is 14.2. The number of nitrogens with zero attached hydrogens (tertiary/aromatic N) is 1. The van der Waals surface area contributed by atoms with Crippen LogP contribution in [0.3, 0.4) is 0 Å². The molecule has 2 aromatic rings. The van der Waals surface area contributed by atoms with Crippen LogP contribution >= 0.6 is 38.5 Å². The largest absolute Gasteiger partial charge is 0.261 e. The topological polar surface area (TPSA) is 12.9 Å². The van der Waals surface area contributed by atoms with Crippen LogP contribution in [0.1, 0.15) is 27.2 Å². The van der Waals surface area contributed by atoms with Gasteiger partial charge in [-0.25, -0.2) is 0 Å². The summed E-state index contributed by atoms with van der Waals surface area (Å²) in [5, 5.41) is 0. The smallest absolute Gasteiger partial charge is 0.0461 e. The number of halogens is 2. The molecule has 0 bridgehead atoms. The zero-order valence-electron chi connectivity index (χ0n) is 10.5. The highest BCUT2D eigenvalue weighted by Gasteiger charge is 2.13. The number of hydrogen-bond acceptors (Lipinski definition) is 1. The van der Waals surface area contributed by atoms with Crippen LogP contribution < -0.4 is 0 Å². The van der Waals surface area contributed by atoms with Gasteiger partial charge in [0.1, 0.15) is 0 Å². The summed E-state index contributed by atoms with van der Waals surface area (Å²) in [6, 6.07) is 10.7. The van der Waals surface area contributed by atoms with Crippen molar-refractivity contribution >= 4 is 38.5 Å². The highest BCUT2D eigenvalue weighted by atomic mass is 127. The number of rotatable bonds is 3. The lowest BCUT2D eigenvalue weighted by Gasteiger charge is -2.13. The van der Waals surface area contributed by atoms with Gasteiger partial charge in [-0.15, -0.1) is 0 Å². The van der Waals surface area contributed by atoms with Crippen molar-refractivity contribution in [2.75, 3.05) is 0 Å². The Hall–Kier alpha value is -0.420. The molecule has 1 nitrogen and oxygen atoms in total. The molecule has 94 valence electrons. The highest BCUT2D eigenvalue weighted by Crippen LogP contribution is 2.31. The molecular weight excluding hydrogens is 401 g/mol. The van der Waals surface area contributed by atoms with Crippen LogP contribution in [-0.4, -0.2) is 4.98 Å². The van der Waals surface area contributed by atoms with Gasteiger partial charge in [0.05, 0.1) is 0 Å². The number of hydrogen-bond donors (Lipinski definition) is 0. The molecule has 0 spiro atoms. The molecule has 3 heteroatoms. The standard InChI is InChI=1S/C15H15BrIN/c1-10-6-7-12(18-9-10)8-14(16)13-5-3-4-11(2)15(13)17/h3-7,9,14H,8H2,1-2H3. The van der Waals surface area contributed by atoms with Crippen molar-refractivity contribution in [1.82, 2.24) is 4.98 Å². The van der Waals surface area contributed by atoms with Crippen LogP contribution in [0.5, 0.6) is 0 Å². The first-order chi connectivity index (χ1) is 8.58. The van der Waals surface area contributed by atoms with E-state index < -0.39 is 0 Å². The van der Waals surface area contributed by atoms with Crippen molar-refractivity contribution in [2.24, 2.45) is 0 Å². The maximum absolute atomic E-state index is 4.46. The lowest BCUT2D eigenvalue weighted by molar-refractivity contribution is 0.896. The first kappa shape index (κ1) is 14.0. The Kier molecular flexibility index (Phi) is 4.78. The second-order valence-corrected chi connectivity index (χ2v) is 6.66. The third kappa shape index (κ3) is 3.32. The van der Waals surface area contributed by atoms with Crippen molar-refractivity contribution in [3.8, 4) is 0 Å². The summed E-state index contributed by atoms with van der Waals surface area (Å²) in [5.41, 5.74) is 5.00. The van der Waals surface area contributed by atoms with Gasteiger partial charge in [0.2, 0.25) is 0 Å². The molecule has 1 aromatic heterocycles. The van der Waals surface area contributed by atoms with Crippen LogP contribution in [0.4, 0.5) is 0 Å². The molecule has 0 radical (unpaired) electrons. The van der Waals surface area contributed by atoms with E-state index in [1.165, 1.54) is 20.3 Å². The number of aromatic nitrogens is 1. The Balaban J connectivity index is 2.19. The van der Waals surface area contributed by atoms with Crippen LogP contribution in [0.15, 0.2) is 36.5 Å². The molecule has 2 rings (SSSR count). The van der Waals surface area contributed by atoms with Crippen molar-refractivity contribution < 1.29 is 0 Å². The third-order valence-electron chi connectivity index (χ3n) is 2.92. The van der Waals surface area contributed by atoms with Gasteiger partial charge >= 0.3 is 0 Å². The highest BCUT2D eigenvalue weighted by molar-refractivity contribution is 14.1. The summed E-state index contributed by atoms with van der Waals surface area (Å²) in [5.74, 6) is 0. The molecule has 0 amide bonds. The summed E-state index contributed by atoms with van der Waals surface area (Å²) >= 11 is 6.20. The van der Waals surface area contributed by atoms with E-state index >= 15 is 0 Å². The second kappa shape index (κ2) is 6.15. The fourth-order valence-corrected chi connectivity index (χ4v) is 3.70. The third-order valence-corrected chi connectivity index (χ3v) is 5.21. The molecular formula is C15H15BrIN.